The molecule has 1 aromatic rings. The molecule has 0 spiro atoms. The van der Waals surface area contributed by atoms with Crippen LogP contribution in [-0.2, 0) is 9.59 Å². The van der Waals surface area contributed by atoms with E-state index >= 15 is 0 Å². The van der Waals surface area contributed by atoms with E-state index in [1.807, 2.05) is 34.1 Å². The third-order valence-corrected chi connectivity index (χ3v) is 9.74. The standard InChI is InChI=1S/C29H43N3O2/c1-21-20-31(25-16-9-10-17-26(25)32(21)22(2)33)28(34)27-19-24-15-11-12-18-29(24,30(27)3)23-13-7-5-4-6-8-14-23/h9-10,16-17,21,23-24,27H,4-8,11-15,18-20H2,1-3H3/t21-,24?,27?,29?/m0/s1. The Morgan fingerprint density at radius 3 is 2.21 bits per heavy atom. The van der Waals surface area contributed by atoms with Crippen LogP contribution in [0.4, 0.5) is 11.4 Å². The molecule has 34 heavy (non-hydrogen) atoms. The van der Waals surface area contributed by atoms with E-state index in [0.29, 0.717) is 12.5 Å². The van der Waals surface area contributed by atoms with Gasteiger partial charge in [-0.25, -0.2) is 0 Å². The maximum atomic E-state index is 14.3. The summed E-state index contributed by atoms with van der Waals surface area (Å²) in [5.41, 5.74) is 1.96. The first-order valence-corrected chi connectivity index (χ1v) is 13.9. The molecule has 1 saturated heterocycles. The number of carbonyl (C=O) groups excluding carboxylic acids is 2. The molecule has 0 aromatic heterocycles. The van der Waals surface area contributed by atoms with Crippen LogP contribution in [0, 0.1) is 11.8 Å². The van der Waals surface area contributed by atoms with Crippen LogP contribution in [0.15, 0.2) is 24.3 Å². The number of fused-ring (bicyclic) bond motifs is 2. The van der Waals surface area contributed by atoms with E-state index < -0.39 is 0 Å². The molecule has 0 N–H and O–H groups in total. The molecule has 3 fully saturated rings. The summed E-state index contributed by atoms with van der Waals surface area (Å²) in [7, 11) is 2.27. The Morgan fingerprint density at radius 2 is 1.50 bits per heavy atom. The van der Waals surface area contributed by atoms with Crippen LogP contribution in [0.3, 0.4) is 0 Å². The van der Waals surface area contributed by atoms with Gasteiger partial charge in [-0.1, -0.05) is 57.1 Å². The molecule has 0 radical (unpaired) electrons. The lowest BCUT2D eigenvalue weighted by Gasteiger charge is -2.51. The van der Waals surface area contributed by atoms with Crippen LogP contribution in [-0.4, -0.2) is 47.9 Å². The average molecular weight is 466 g/mol. The van der Waals surface area contributed by atoms with Gasteiger partial charge < -0.3 is 9.80 Å². The fourth-order valence-corrected chi connectivity index (χ4v) is 8.25. The lowest BCUT2D eigenvalue weighted by atomic mass is 9.63. The van der Waals surface area contributed by atoms with E-state index in [9.17, 15) is 9.59 Å². The lowest BCUT2D eigenvalue weighted by molar-refractivity contribution is -0.125. The van der Waals surface area contributed by atoms with Gasteiger partial charge in [-0.3, -0.25) is 14.5 Å². The molecule has 0 bridgehead atoms. The minimum Gasteiger partial charge on any atom is -0.307 e. The smallest absolute Gasteiger partial charge is 0.244 e. The largest absolute Gasteiger partial charge is 0.307 e. The van der Waals surface area contributed by atoms with Crippen LogP contribution in [0.1, 0.15) is 90.9 Å². The number of amides is 2. The number of hydrogen-bond donors (Lipinski definition) is 0. The van der Waals surface area contributed by atoms with Crippen LogP contribution < -0.4 is 9.80 Å². The molecule has 5 heteroatoms. The van der Waals surface area contributed by atoms with Crippen LogP contribution in [0.5, 0.6) is 0 Å². The first-order valence-electron chi connectivity index (χ1n) is 13.9. The van der Waals surface area contributed by atoms with Crippen molar-refractivity contribution in [1.82, 2.24) is 4.90 Å². The van der Waals surface area contributed by atoms with E-state index in [2.05, 4.69) is 18.9 Å². The van der Waals surface area contributed by atoms with Crippen molar-refractivity contribution in [1.29, 1.82) is 0 Å². The van der Waals surface area contributed by atoms with Gasteiger partial charge in [0.15, 0.2) is 0 Å². The number of nitrogens with zero attached hydrogens (tertiary/aromatic N) is 3. The Hall–Kier alpha value is -1.88. The summed E-state index contributed by atoms with van der Waals surface area (Å²) in [4.78, 5) is 33.1. The predicted molar refractivity (Wildman–Crippen MR) is 138 cm³/mol. The van der Waals surface area contributed by atoms with Crippen molar-refractivity contribution in [3.05, 3.63) is 24.3 Å². The monoisotopic (exact) mass is 465 g/mol. The minimum atomic E-state index is -0.0577. The molecule has 5 nitrogen and oxygen atoms in total. The van der Waals surface area contributed by atoms with Gasteiger partial charge in [-0.05, 0) is 70.0 Å². The highest BCUT2D eigenvalue weighted by atomic mass is 16.2. The number of hydrogen-bond acceptors (Lipinski definition) is 3. The number of likely N-dealkylation sites (tertiary alicyclic amines) is 1. The van der Waals surface area contributed by atoms with Crippen LogP contribution in [0.25, 0.3) is 0 Å². The number of para-hydroxylation sites is 2. The fraction of sp³-hybridized carbons (Fsp3) is 0.724. The second kappa shape index (κ2) is 9.64. The quantitative estimate of drug-likeness (QED) is 0.557. The lowest BCUT2D eigenvalue weighted by Crippen LogP contribution is -2.59. The van der Waals surface area contributed by atoms with Crippen molar-refractivity contribution in [2.24, 2.45) is 11.8 Å². The number of benzene rings is 1. The van der Waals surface area contributed by atoms with Crippen molar-refractivity contribution >= 4 is 23.2 Å². The Labute approximate surface area is 205 Å². The highest BCUT2D eigenvalue weighted by Crippen LogP contribution is 2.54. The molecule has 5 rings (SSSR count). The van der Waals surface area contributed by atoms with Gasteiger partial charge in [0.1, 0.15) is 0 Å². The van der Waals surface area contributed by atoms with Crippen LogP contribution >= 0.6 is 0 Å². The molecule has 3 unspecified atom stereocenters. The number of rotatable bonds is 2. The van der Waals surface area contributed by atoms with Gasteiger partial charge in [0, 0.05) is 19.0 Å². The summed E-state index contributed by atoms with van der Waals surface area (Å²) in [6, 6.07) is 7.88. The average Bonchev–Trinajstić information content (AvgIpc) is 3.11. The third kappa shape index (κ3) is 3.88. The molecule has 2 aliphatic carbocycles. The topological polar surface area (TPSA) is 43.9 Å². The molecule has 2 aliphatic heterocycles. The minimum absolute atomic E-state index is 0.0232. The van der Waals surface area contributed by atoms with E-state index in [0.717, 1.165) is 23.7 Å². The van der Waals surface area contributed by atoms with Crippen LogP contribution in [0.2, 0.25) is 0 Å². The second-order valence-electron chi connectivity index (χ2n) is 11.5. The molecule has 2 amide bonds. The Morgan fingerprint density at radius 1 is 0.882 bits per heavy atom. The zero-order chi connectivity index (χ0) is 23.9. The molecular weight excluding hydrogens is 422 g/mol. The Bertz CT molecular complexity index is 908. The zero-order valence-electron chi connectivity index (χ0n) is 21.5. The van der Waals surface area contributed by atoms with Gasteiger partial charge in [0.25, 0.3) is 0 Å². The van der Waals surface area contributed by atoms with Crippen molar-refractivity contribution in [2.75, 3.05) is 23.4 Å². The highest BCUT2D eigenvalue weighted by Gasteiger charge is 2.58. The van der Waals surface area contributed by atoms with Gasteiger partial charge in [0.05, 0.1) is 23.5 Å². The molecular formula is C29H43N3O2. The van der Waals surface area contributed by atoms with Gasteiger partial charge in [-0.15, -0.1) is 0 Å². The highest BCUT2D eigenvalue weighted by molar-refractivity contribution is 6.05. The Kier molecular flexibility index (Phi) is 6.76. The molecule has 186 valence electrons. The van der Waals surface area contributed by atoms with Crippen molar-refractivity contribution in [3.63, 3.8) is 0 Å². The molecule has 2 heterocycles. The van der Waals surface area contributed by atoms with Crippen molar-refractivity contribution in [3.8, 4) is 0 Å². The molecule has 4 atom stereocenters. The van der Waals surface area contributed by atoms with Gasteiger partial charge in [-0.2, -0.15) is 0 Å². The van der Waals surface area contributed by atoms with E-state index in [4.69, 9.17) is 0 Å². The van der Waals surface area contributed by atoms with Crippen molar-refractivity contribution in [2.45, 2.75) is 109 Å². The summed E-state index contributed by atoms with van der Waals surface area (Å²) in [6.45, 7) is 4.26. The summed E-state index contributed by atoms with van der Waals surface area (Å²) >= 11 is 0. The summed E-state index contributed by atoms with van der Waals surface area (Å²) in [5, 5.41) is 0. The predicted octanol–water partition coefficient (Wildman–Crippen LogP) is 5.77. The van der Waals surface area contributed by atoms with Gasteiger partial charge >= 0.3 is 0 Å². The third-order valence-electron chi connectivity index (χ3n) is 9.74. The summed E-state index contributed by atoms with van der Waals surface area (Å²) in [6.07, 6.45) is 15.6. The number of likely N-dealkylation sites (N-methyl/N-ethyl adjacent to an activating group) is 1. The second-order valence-corrected chi connectivity index (χ2v) is 11.5. The van der Waals surface area contributed by atoms with Crippen molar-refractivity contribution < 1.29 is 9.59 Å². The number of anilines is 2. The first kappa shape index (κ1) is 23.8. The van der Waals surface area contributed by atoms with E-state index in [1.165, 1.54) is 70.6 Å². The van der Waals surface area contributed by atoms with E-state index in [1.54, 1.807) is 6.92 Å². The fourth-order valence-electron chi connectivity index (χ4n) is 8.25. The SMILES string of the molecule is CC(=O)N1c2ccccc2N(C(=O)C2CC3CCCCC3(C3CCCCCCC3)N2C)C[C@@H]1C. The summed E-state index contributed by atoms with van der Waals surface area (Å²) in [5.74, 6) is 1.64. The maximum absolute atomic E-state index is 14.3. The first-order chi connectivity index (χ1) is 16.4. The molecule has 4 aliphatic rings. The molecule has 2 saturated carbocycles. The Balaban J connectivity index is 1.45. The van der Waals surface area contributed by atoms with Gasteiger partial charge in [0.2, 0.25) is 11.8 Å². The maximum Gasteiger partial charge on any atom is 0.244 e. The summed E-state index contributed by atoms with van der Waals surface area (Å²) < 4.78 is 0. The zero-order valence-corrected chi connectivity index (χ0v) is 21.5. The number of carbonyl (C=O) groups is 2. The molecule has 1 aromatic carbocycles. The normalized spacial score (nSPS) is 33.1. The van der Waals surface area contributed by atoms with E-state index in [-0.39, 0.29) is 29.4 Å².